The first-order chi connectivity index (χ1) is 17.1. The summed E-state index contributed by atoms with van der Waals surface area (Å²) in [6.45, 7) is 8.33. The molecule has 36 heavy (non-hydrogen) atoms. The second-order valence-corrected chi connectivity index (χ2v) is 9.39. The lowest BCUT2D eigenvalue weighted by Gasteiger charge is -2.22. The normalized spacial score (nSPS) is 11.8. The van der Waals surface area contributed by atoms with Crippen molar-refractivity contribution in [3.8, 4) is 5.75 Å². The molecule has 0 aliphatic carbocycles. The van der Waals surface area contributed by atoms with Crippen molar-refractivity contribution < 1.29 is 19.6 Å². The predicted octanol–water partition coefficient (Wildman–Crippen LogP) is 4.08. The summed E-state index contributed by atoms with van der Waals surface area (Å²) < 4.78 is 1.85. The van der Waals surface area contributed by atoms with E-state index in [9.17, 15) is 24.8 Å². The lowest BCUT2D eigenvalue weighted by atomic mass is 10.0. The summed E-state index contributed by atoms with van der Waals surface area (Å²) in [5, 5.41) is 35.3. The van der Waals surface area contributed by atoms with Gasteiger partial charge in [0.05, 0.1) is 16.7 Å². The number of thioether (sulfide) groups is 1. The number of nitro groups is 1. The quantitative estimate of drug-likeness (QED) is 0.159. The van der Waals surface area contributed by atoms with Crippen molar-refractivity contribution in [1.29, 1.82) is 0 Å². The zero-order valence-corrected chi connectivity index (χ0v) is 21.2. The molecule has 3 aromatic rings. The number of hydrogen-bond acceptors (Lipinski definition) is 8. The molecule has 0 unspecified atom stereocenters. The Bertz CT molecular complexity index is 1280. The fourth-order valence-electron chi connectivity index (χ4n) is 3.55. The van der Waals surface area contributed by atoms with Gasteiger partial charge in [0.2, 0.25) is 5.91 Å². The minimum absolute atomic E-state index is 0.0190. The van der Waals surface area contributed by atoms with Crippen molar-refractivity contribution in [2.45, 2.75) is 45.4 Å². The van der Waals surface area contributed by atoms with Gasteiger partial charge in [-0.1, -0.05) is 43.3 Å². The molecule has 1 heterocycles. The van der Waals surface area contributed by atoms with Gasteiger partial charge in [-0.15, -0.1) is 10.2 Å². The second kappa shape index (κ2) is 11.7. The first kappa shape index (κ1) is 26.7. The van der Waals surface area contributed by atoms with Crippen LogP contribution in [-0.4, -0.2) is 42.4 Å². The van der Waals surface area contributed by atoms with Crippen molar-refractivity contribution in [3.05, 3.63) is 69.5 Å². The van der Waals surface area contributed by atoms with Crippen LogP contribution in [0.2, 0.25) is 0 Å². The van der Waals surface area contributed by atoms with Gasteiger partial charge in [0, 0.05) is 23.9 Å². The predicted molar refractivity (Wildman–Crippen MR) is 136 cm³/mol. The lowest BCUT2D eigenvalue weighted by molar-refractivity contribution is -0.385. The molecule has 0 aliphatic rings. The molecule has 0 aliphatic heterocycles. The molecule has 190 valence electrons. The molecule has 1 aromatic heterocycles. The van der Waals surface area contributed by atoms with Crippen molar-refractivity contribution in [3.63, 3.8) is 0 Å². The Morgan fingerprint density at radius 1 is 1.19 bits per heavy atom. The smallest absolute Gasteiger partial charge is 0.312 e. The van der Waals surface area contributed by atoms with Gasteiger partial charge in [-0.2, -0.15) is 0 Å². The molecule has 2 aromatic carbocycles. The fraction of sp³-hybridized carbons (Fsp3) is 0.333. The van der Waals surface area contributed by atoms with Crippen LogP contribution < -0.4 is 10.6 Å². The number of aromatic hydroxyl groups is 1. The van der Waals surface area contributed by atoms with E-state index < -0.39 is 28.3 Å². The Morgan fingerprint density at radius 2 is 1.94 bits per heavy atom. The number of nitro benzene ring substituents is 1. The third-order valence-electron chi connectivity index (χ3n) is 5.36. The van der Waals surface area contributed by atoms with E-state index in [0.29, 0.717) is 23.1 Å². The molecule has 3 rings (SSSR count). The van der Waals surface area contributed by atoms with E-state index in [1.165, 1.54) is 6.07 Å². The minimum atomic E-state index is -0.728. The Kier molecular flexibility index (Phi) is 8.64. The van der Waals surface area contributed by atoms with Gasteiger partial charge < -0.3 is 20.3 Å². The molecule has 0 saturated heterocycles. The topological polar surface area (TPSA) is 152 Å². The Hall–Kier alpha value is -3.93. The van der Waals surface area contributed by atoms with E-state index in [2.05, 4.69) is 20.8 Å². The molecule has 11 nitrogen and oxygen atoms in total. The fourth-order valence-corrected chi connectivity index (χ4v) is 4.36. The van der Waals surface area contributed by atoms with Gasteiger partial charge >= 0.3 is 5.69 Å². The zero-order valence-electron chi connectivity index (χ0n) is 20.4. The number of amides is 2. The Morgan fingerprint density at radius 3 is 2.58 bits per heavy atom. The Labute approximate surface area is 212 Å². The molecule has 0 fully saturated rings. The summed E-state index contributed by atoms with van der Waals surface area (Å²) in [4.78, 5) is 35.6. The van der Waals surface area contributed by atoms with Gasteiger partial charge in [-0.05, 0) is 44.0 Å². The SMILES string of the molecule is CCn1c(SCC(=O)Nc2ccc(O)c([N+](=O)[O-])c2)nnc1[C@H](NC(=O)c1cccc(C)c1)C(C)C. The van der Waals surface area contributed by atoms with Crippen LogP contribution in [0, 0.1) is 23.0 Å². The van der Waals surface area contributed by atoms with E-state index in [1.807, 2.05) is 50.5 Å². The number of nitrogens with one attached hydrogen (secondary N) is 2. The molecule has 0 bridgehead atoms. The highest BCUT2D eigenvalue weighted by Gasteiger charge is 2.26. The van der Waals surface area contributed by atoms with Crippen LogP contribution in [-0.2, 0) is 11.3 Å². The first-order valence-corrected chi connectivity index (χ1v) is 12.3. The van der Waals surface area contributed by atoms with E-state index >= 15 is 0 Å². The highest BCUT2D eigenvalue weighted by atomic mass is 32.2. The maximum absolute atomic E-state index is 12.9. The van der Waals surface area contributed by atoms with Crippen LogP contribution >= 0.6 is 11.8 Å². The number of aromatic nitrogens is 3. The third-order valence-corrected chi connectivity index (χ3v) is 6.33. The number of aryl methyl sites for hydroxylation is 1. The summed E-state index contributed by atoms with van der Waals surface area (Å²) in [6, 6.07) is 10.6. The summed E-state index contributed by atoms with van der Waals surface area (Å²) >= 11 is 1.16. The lowest BCUT2D eigenvalue weighted by Crippen LogP contribution is -2.33. The van der Waals surface area contributed by atoms with Crippen molar-refractivity contribution in [2.75, 3.05) is 11.1 Å². The largest absolute Gasteiger partial charge is 0.502 e. The molecular formula is C24H28N6O5S. The highest BCUT2D eigenvalue weighted by molar-refractivity contribution is 7.99. The van der Waals surface area contributed by atoms with Crippen LogP contribution in [0.25, 0.3) is 0 Å². The maximum atomic E-state index is 12.9. The molecule has 0 radical (unpaired) electrons. The highest BCUT2D eigenvalue weighted by Crippen LogP contribution is 2.29. The summed E-state index contributed by atoms with van der Waals surface area (Å²) in [5.74, 6) is -0.496. The second-order valence-electron chi connectivity index (χ2n) is 8.45. The van der Waals surface area contributed by atoms with Crippen LogP contribution in [0.5, 0.6) is 5.75 Å². The Balaban J connectivity index is 1.71. The summed E-state index contributed by atoms with van der Waals surface area (Å²) in [6.07, 6.45) is 0. The molecule has 3 N–H and O–H groups in total. The molecular weight excluding hydrogens is 484 g/mol. The summed E-state index contributed by atoms with van der Waals surface area (Å²) in [5.41, 5.74) is 1.24. The number of nitrogens with zero attached hydrogens (tertiary/aromatic N) is 4. The van der Waals surface area contributed by atoms with Crippen LogP contribution in [0.4, 0.5) is 11.4 Å². The van der Waals surface area contributed by atoms with E-state index in [0.717, 1.165) is 29.5 Å². The third kappa shape index (κ3) is 6.39. The van der Waals surface area contributed by atoms with Gasteiger partial charge in [-0.25, -0.2) is 0 Å². The number of rotatable bonds is 10. The minimum Gasteiger partial charge on any atom is -0.502 e. The number of anilines is 1. The maximum Gasteiger partial charge on any atom is 0.312 e. The standard InChI is InChI=1S/C24H28N6O5S/c1-5-29-22(21(14(2)3)26-23(33)16-8-6-7-15(4)11-16)27-28-24(29)36-13-20(32)25-17-9-10-19(31)18(12-17)30(34)35/h6-12,14,21,31H,5,13H2,1-4H3,(H,25,32)(H,26,33)/t21-/m1/s1. The number of carbonyl (C=O) groups is 2. The van der Waals surface area contributed by atoms with Gasteiger partial charge in [0.25, 0.3) is 5.91 Å². The van der Waals surface area contributed by atoms with Gasteiger partial charge in [-0.3, -0.25) is 19.7 Å². The van der Waals surface area contributed by atoms with Crippen LogP contribution in [0.1, 0.15) is 48.6 Å². The first-order valence-electron chi connectivity index (χ1n) is 11.3. The van der Waals surface area contributed by atoms with E-state index in [1.54, 1.807) is 6.07 Å². The van der Waals surface area contributed by atoms with Gasteiger partial charge in [0.1, 0.15) is 0 Å². The average Bonchev–Trinajstić information content (AvgIpc) is 3.24. The average molecular weight is 513 g/mol. The number of phenols is 1. The zero-order chi connectivity index (χ0) is 26.4. The van der Waals surface area contributed by atoms with E-state index in [-0.39, 0.29) is 23.3 Å². The van der Waals surface area contributed by atoms with Crippen LogP contribution in [0.15, 0.2) is 47.6 Å². The number of carbonyl (C=O) groups excluding carboxylic acids is 2. The monoisotopic (exact) mass is 512 g/mol. The van der Waals surface area contributed by atoms with Crippen LogP contribution in [0.3, 0.4) is 0 Å². The molecule has 0 saturated carbocycles. The number of benzene rings is 2. The molecule has 12 heteroatoms. The van der Waals surface area contributed by atoms with Gasteiger partial charge in [0.15, 0.2) is 16.7 Å². The van der Waals surface area contributed by atoms with Crippen molar-refractivity contribution in [2.24, 2.45) is 5.92 Å². The number of phenolic OH excluding ortho intramolecular Hbond substituents is 1. The van der Waals surface area contributed by atoms with E-state index in [4.69, 9.17) is 0 Å². The van der Waals surface area contributed by atoms with Crippen molar-refractivity contribution in [1.82, 2.24) is 20.1 Å². The summed E-state index contributed by atoms with van der Waals surface area (Å²) in [7, 11) is 0. The molecule has 0 spiro atoms. The number of hydrogen-bond donors (Lipinski definition) is 3. The molecule has 1 atom stereocenters. The van der Waals surface area contributed by atoms with Crippen molar-refractivity contribution >= 4 is 35.0 Å². The molecule has 2 amide bonds.